The van der Waals surface area contributed by atoms with E-state index >= 15 is 0 Å². The second kappa shape index (κ2) is 9.91. The Hall–Kier alpha value is -2.62. The van der Waals surface area contributed by atoms with Crippen molar-refractivity contribution in [2.45, 2.75) is 52.4 Å². The van der Waals surface area contributed by atoms with Crippen LogP contribution >= 0.6 is 0 Å². The maximum absolute atomic E-state index is 11.7. The van der Waals surface area contributed by atoms with Crippen molar-refractivity contribution in [3.63, 3.8) is 0 Å². The predicted molar refractivity (Wildman–Crippen MR) is 107 cm³/mol. The van der Waals surface area contributed by atoms with E-state index in [1.807, 2.05) is 18.2 Å². The topological polar surface area (TPSA) is 74.6 Å². The summed E-state index contributed by atoms with van der Waals surface area (Å²) in [5, 5.41) is 18.9. The fourth-order valence-corrected chi connectivity index (χ4v) is 3.57. The largest absolute Gasteiger partial charge is 0.478 e. The number of carboxylic acid groups (broad SMARTS) is 2. The smallest absolute Gasteiger partial charge is 0.336 e. The van der Waals surface area contributed by atoms with Crippen LogP contribution in [0.3, 0.4) is 0 Å². The van der Waals surface area contributed by atoms with Crippen molar-refractivity contribution in [2.75, 3.05) is 0 Å². The monoisotopic (exact) mass is 368 g/mol. The minimum atomic E-state index is -1.21. The first-order valence-corrected chi connectivity index (χ1v) is 9.63. The van der Waals surface area contributed by atoms with Gasteiger partial charge in [0.05, 0.1) is 11.1 Å². The van der Waals surface area contributed by atoms with Crippen molar-refractivity contribution in [3.05, 3.63) is 70.3 Å². The molecule has 0 heterocycles. The minimum absolute atomic E-state index is 0.113. The van der Waals surface area contributed by atoms with Crippen LogP contribution in [0.25, 0.3) is 0 Å². The summed E-state index contributed by atoms with van der Waals surface area (Å²) in [7, 11) is 0. The third-order valence-corrected chi connectivity index (χ3v) is 5.15. The molecule has 0 bridgehead atoms. The van der Waals surface area contributed by atoms with Gasteiger partial charge in [-0.15, -0.1) is 0 Å². The molecular weight excluding hydrogens is 340 g/mol. The van der Waals surface area contributed by atoms with E-state index in [4.69, 9.17) is 0 Å². The molecule has 4 nitrogen and oxygen atoms in total. The van der Waals surface area contributed by atoms with Gasteiger partial charge < -0.3 is 10.2 Å². The Bertz CT molecular complexity index is 795. The average molecular weight is 368 g/mol. The summed E-state index contributed by atoms with van der Waals surface area (Å²) in [4.78, 5) is 23.1. The quantitative estimate of drug-likeness (QED) is 0.586. The Kier molecular flexibility index (Phi) is 7.59. The number of aromatic carboxylic acids is 2. The number of hydrogen-bond donors (Lipinski definition) is 2. The zero-order valence-electron chi connectivity index (χ0n) is 16.1. The van der Waals surface area contributed by atoms with Gasteiger partial charge in [0.15, 0.2) is 0 Å². The maximum atomic E-state index is 11.7. The molecule has 0 aliphatic carbocycles. The second-order valence-electron chi connectivity index (χ2n) is 7.02. The van der Waals surface area contributed by atoms with Gasteiger partial charge in [0.1, 0.15) is 0 Å². The van der Waals surface area contributed by atoms with Crippen LogP contribution in [0.15, 0.2) is 42.5 Å². The fourth-order valence-electron chi connectivity index (χ4n) is 3.57. The summed E-state index contributed by atoms with van der Waals surface area (Å²) in [6.45, 7) is 4.41. The summed E-state index contributed by atoms with van der Waals surface area (Å²) in [5.74, 6) is -1.81. The van der Waals surface area contributed by atoms with Crippen molar-refractivity contribution in [1.29, 1.82) is 0 Å². The van der Waals surface area contributed by atoms with E-state index in [1.54, 1.807) is 12.1 Å². The van der Waals surface area contributed by atoms with Gasteiger partial charge in [-0.1, -0.05) is 75.9 Å². The fraction of sp³-hybridized carbons (Fsp3) is 0.391. The van der Waals surface area contributed by atoms with Crippen LogP contribution in [0, 0.1) is 5.92 Å². The third-order valence-electron chi connectivity index (χ3n) is 5.15. The SMILES string of the molecule is CCCCC(CC)Cc1ccccc1Cc1cccc(C(=O)O)c1C(=O)O. The molecule has 0 radical (unpaired) electrons. The van der Waals surface area contributed by atoms with E-state index in [0.29, 0.717) is 17.9 Å². The van der Waals surface area contributed by atoms with E-state index in [2.05, 4.69) is 19.9 Å². The van der Waals surface area contributed by atoms with Crippen LogP contribution < -0.4 is 0 Å². The molecule has 2 aromatic rings. The van der Waals surface area contributed by atoms with Gasteiger partial charge in [-0.05, 0) is 41.5 Å². The van der Waals surface area contributed by atoms with Gasteiger partial charge in [0, 0.05) is 0 Å². The zero-order chi connectivity index (χ0) is 19.8. The number of carboxylic acids is 2. The molecule has 2 N–H and O–H groups in total. The highest BCUT2D eigenvalue weighted by atomic mass is 16.4. The molecule has 0 fully saturated rings. The highest BCUT2D eigenvalue weighted by molar-refractivity contribution is 6.02. The third kappa shape index (κ3) is 5.43. The van der Waals surface area contributed by atoms with Gasteiger partial charge in [-0.25, -0.2) is 9.59 Å². The molecule has 0 saturated carbocycles. The van der Waals surface area contributed by atoms with E-state index in [-0.39, 0.29) is 11.1 Å². The highest BCUT2D eigenvalue weighted by Gasteiger charge is 2.20. The van der Waals surface area contributed by atoms with E-state index in [1.165, 1.54) is 30.9 Å². The summed E-state index contributed by atoms with van der Waals surface area (Å²) in [5.41, 5.74) is 2.55. The lowest BCUT2D eigenvalue weighted by Crippen LogP contribution is -2.12. The van der Waals surface area contributed by atoms with Crippen LogP contribution in [-0.4, -0.2) is 22.2 Å². The number of rotatable bonds is 10. The molecule has 144 valence electrons. The number of unbranched alkanes of at least 4 members (excludes halogenated alkanes) is 1. The summed E-state index contributed by atoms with van der Waals surface area (Å²) in [6, 6.07) is 12.8. The average Bonchev–Trinajstić information content (AvgIpc) is 2.65. The van der Waals surface area contributed by atoms with Crippen LogP contribution in [0.4, 0.5) is 0 Å². The van der Waals surface area contributed by atoms with Gasteiger partial charge in [0.25, 0.3) is 0 Å². The van der Waals surface area contributed by atoms with E-state index in [0.717, 1.165) is 18.4 Å². The van der Waals surface area contributed by atoms with Gasteiger partial charge in [-0.3, -0.25) is 0 Å². The zero-order valence-corrected chi connectivity index (χ0v) is 16.1. The molecular formula is C23H28O4. The summed E-state index contributed by atoms with van der Waals surface area (Å²) in [6.07, 6.45) is 6.09. The van der Waals surface area contributed by atoms with Crippen molar-refractivity contribution in [2.24, 2.45) is 5.92 Å². The van der Waals surface area contributed by atoms with Gasteiger partial charge >= 0.3 is 11.9 Å². The first-order valence-electron chi connectivity index (χ1n) is 9.63. The number of hydrogen-bond acceptors (Lipinski definition) is 2. The normalized spacial score (nSPS) is 11.9. The Labute approximate surface area is 160 Å². The minimum Gasteiger partial charge on any atom is -0.478 e. The Balaban J connectivity index is 2.35. The molecule has 0 aliphatic rings. The lowest BCUT2D eigenvalue weighted by Gasteiger charge is -2.18. The second-order valence-corrected chi connectivity index (χ2v) is 7.02. The lowest BCUT2D eigenvalue weighted by atomic mass is 9.87. The maximum Gasteiger partial charge on any atom is 0.336 e. The molecule has 0 spiro atoms. The molecule has 0 aromatic heterocycles. The predicted octanol–water partition coefficient (Wildman–Crippen LogP) is 5.43. The van der Waals surface area contributed by atoms with E-state index in [9.17, 15) is 19.8 Å². The molecule has 2 aromatic carbocycles. The van der Waals surface area contributed by atoms with Crippen LogP contribution in [0.2, 0.25) is 0 Å². The summed E-state index contributed by atoms with van der Waals surface area (Å²) < 4.78 is 0. The molecule has 0 amide bonds. The molecule has 4 heteroatoms. The Morgan fingerprint density at radius 2 is 1.56 bits per heavy atom. The Morgan fingerprint density at radius 3 is 2.15 bits per heavy atom. The number of carbonyl (C=O) groups is 2. The van der Waals surface area contributed by atoms with Crippen LogP contribution in [-0.2, 0) is 12.8 Å². The van der Waals surface area contributed by atoms with Crippen molar-refractivity contribution < 1.29 is 19.8 Å². The molecule has 27 heavy (non-hydrogen) atoms. The first-order chi connectivity index (χ1) is 13.0. The molecule has 0 saturated heterocycles. The number of benzene rings is 2. The first kappa shape index (κ1) is 20.7. The lowest BCUT2D eigenvalue weighted by molar-refractivity contribution is 0.0650. The molecule has 0 aliphatic heterocycles. The van der Waals surface area contributed by atoms with Crippen LogP contribution in [0.5, 0.6) is 0 Å². The van der Waals surface area contributed by atoms with Gasteiger partial charge in [0.2, 0.25) is 0 Å². The molecule has 1 atom stereocenters. The van der Waals surface area contributed by atoms with Crippen LogP contribution in [0.1, 0.15) is 76.9 Å². The molecule has 2 rings (SSSR count). The molecule has 1 unspecified atom stereocenters. The highest BCUT2D eigenvalue weighted by Crippen LogP contribution is 2.25. The van der Waals surface area contributed by atoms with E-state index < -0.39 is 11.9 Å². The Morgan fingerprint density at radius 1 is 0.889 bits per heavy atom. The summed E-state index contributed by atoms with van der Waals surface area (Å²) >= 11 is 0. The van der Waals surface area contributed by atoms with Crippen molar-refractivity contribution >= 4 is 11.9 Å². The van der Waals surface area contributed by atoms with Crippen molar-refractivity contribution in [3.8, 4) is 0 Å². The van der Waals surface area contributed by atoms with Crippen molar-refractivity contribution in [1.82, 2.24) is 0 Å². The standard InChI is InChI=1S/C23H28O4/c1-3-5-9-16(4-2)14-17-10-6-7-11-18(17)15-19-12-8-13-20(22(24)25)21(19)23(26)27/h6-8,10-13,16H,3-5,9,14-15H2,1-2H3,(H,24,25)(H,26,27). The van der Waals surface area contributed by atoms with Gasteiger partial charge in [-0.2, -0.15) is 0 Å².